The van der Waals surface area contributed by atoms with Gasteiger partial charge in [0, 0.05) is 17.1 Å². The minimum Gasteiger partial charge on any atom is -0.493 e. The molecule has 2 amide bonds. The van der Waals surface area contributed by atoms with Crippen molar-refractivity contribution < 1.29 is 19.1 Å². The molecule has 5 rings (SSSR count). The molecule has 0 bridgehead atoms. The highest BCUT2D eigenvalue weighted by Gasteiger charge is 2.36. The van der Waals surface area contributed by atoms with Gasteiger partial charge in [-0.05, 0) is 69.2 Å². The van der Waals surface area contributed by atoms with Gasteiger partial charge in [0.05, 0.1) is 26.0 Å². The van der Waals surface area contributed by atoms with Crippen molar-refractivity contribution in [1.82, 2.24) is 9.78 Å². The summed E-state index contributed by atoms with van der Waals surface area (Å²) in [4.78, 5) is 27.3. The number of carbonyl (C=O) groups is 2. The maximum Gasteiger partial charge on any atom is 0.261 e. The summed E-state index contributed by atoms with van der Waals surface area (Å²) in [6, 6.07) is 18.3. The summed E-state index contributed by atoms with van der Waals surface area (Å²) in [5.74, 6) is 0.959. The number of fused-ring (bicyclic) bond motifs is 1. The number of anilines is 3. The Hall–Kier alpha value is -5.05. The lowest BCUT2D eigenvalue weighted by atomic mass is 9.94. The zero-order valence-electron chi connectivity index (χ0n) is 24.0. The third kappa shape index (κ3) is 5.38. The van der Waals surface area contributed by atoms with E-state index in [2.05, 4.69) is 21.0 Å². The van der Waals surface area contributed by atoms with Crippen molar-refractivity contribution in [2.45, 2.75) is 33.7 Å². The molecule has 0 saturated heterocycles. The fraction of sp³-hybridized carbons (Fsp3) is 0.219. The predicted molar refractivity (Wildman–Crippen MR) is 160 cm³/mol. The van der Waals surface area contributed by atoms with Crippen molar-refractivity contribution in [3.05, 3.63) is 106 Å². The van der Waals surface area contributed by atoms with E-state index in [4.69, 9.17) is 9.47 Å². The zero-order valence-corrected chi connectivity index (χ0v) is 24.0. The van der Waals surface area contributed by atoms with Crippen LogP contribution in [0.5, 0.6) is 11.5 Å². The molecule has 3 aromatic carbocycles. The Bertz CT molecular complexity index is 1670. The number of carbonyl (C=O) groups excluding carboxylic acids is 2. The van der Waals surface area contributed by atoms with Gasteiger partial charge in [0.15, 0.2) is 11.5 Å². The molecule has 1 unspecified atom stereocenters. The molecule has 0 aliphatic carbocycles. The Kier molecular flexibility index (Phi) is 7.52. The molecule has 1 atom stereocenters. The number of aryl methyl sites for hydroxylation is 3. The van der Waals surface area contributed by atoms with Crippen LogP contribution < -0.4 is 25.4 Å². The number of benzene rings is 3. The number of ether oxygens (including phenoxy) is 2. The van der Waals surface area contributed by atoms with Crippen molar-refractivity contribution in [3.8, 4) is 11.5 Å². The van der Waals surface area contributed by atoms with Crippen LogP contribution in [-0.2, 0) is 4.79 Å². The molecule has 9 nitrogen and oxygen atoms in total. The summed E-state index contributed by atoms with van der Waals surface area (Å²) in [7, 11) is 3.13. The van der Waals surface area contributed by atoms with E-state index in [1.165, 1.54) is 6.20 Å². The van der Waals surface area contributed by atoms with E-state index < -0.39 is 6.04 Å². The fourth-order valence-electron chi connectivity index (χ4n) is 5.03. The van der Waals surface area contributed by atoms with Gasteiger partial charge in [0.25, 0.3) is 11.8 Å². The number of amides is 2. The average Bonchev–Trinajstić information content (AvgIpc) is 3.38. The maximum atomic E-state index is 13.9. The second kappa shape index (κ2) is 11.2. The first-order valence-corrected chi connectivity index (χ1v) is 13.2. The van der Waals surface area contributed by atoms with Gasteiger partial charge in [-0.2, -0.15) is 5.10 Å². The molecule has 2 heterocycles. The summed E-state index contributed by atoms with van der Waals surface area (Å²) in [5.41, 5.74) is 6.70. The number of nitrogens with zero attached hydrogens (tertiary/aromatic N) is 2. The lowest BCUT2D eigenvalue weighted by Gasteiger charge is -2.30. The molecule has 210 valence electrons. The van der Waals surface area contributed by atoms with Crippen LogP contribution >= 0.6 is 0 Å². The van der Waals surface area contributed by atoms with Crippen molar-refractivity contribution in [2.24, 2.45) is 0 Å². The molecule has 1 aromatic heterocycles. The zero-order chi connectivity index (χ0) is 29.3. The van der Waals surface area contributed by atoms with E-state index in [-0.39, 0.29) is 11.8 Å². The third-order valence-corrected chi connectivity index (χ3v) is 7.18. The largest absolute Gasteiger partial charge is 0.493 e. The van der Waals surface area contributed by atoms with Crippen LogP contribution in [0.15, 0.2) is 78.1 Å². The van der Waals surface area contributed by atoms with Crippen molar-refractivity contribution in [2.75, 3.05) is 30.2 Å². The van der Waals surface area contributed by atoms with Gasteiger partial charge in [-0.15, -0.1) is 0 Å². The molecular formula is C32H33N5O4. The molecule has 0 saturated carbocycles. The second-order valence-corrected chi connectivity index (χ2v) is 10.1. The van der Waals surface area contributed by atoms with Crippen LogP contribution in [0.1, 0.15) is 45.6 Å². The number of nitrogens with one attached hydrogen (secondary N) is 3. The predicted octanol–water partition coefficient (Wildman–Crippen LogP) is 6.01. The van der Waals surface area contributed by atoms with Gasteiger partial charge in [-0.25, -0.2) is 4.68 Å². The molecule has 41 heavy (non-hydrogen) atoms. The topological polar surface area (TPSA) is 107 Å². The lowest BCUT2D eigenvalue weighted by Crippen LogP contribution is -2.32. The van der Waals surface area contributed by atoms with E-state index in [9.17, 15) is 9.59 Å². The second-order valence-electron chi connectivity index (χ2n) is 10.1. The van der Waals surface area contributed by atoms with Crippen LogP contribution in [0.2, 0.25) is 0 Å². The van der Waals surface area contributed by atoms with E-state index in [1.807, 2.05) is 82.3 Å². The number of hydrogen-bond acceptors (Lipinski definition) is 6. The Morgan fingerprint density at radius 2 is 1.54 bits per heavy atom. The standard InChI is InChI=1S/C32H33N5O4/c1-18-7-11-23(12-8-18)35-31(38)24-17-33-37-29(22-10-14-26(40-5)27(16-22)41-6)28(21(4)34-30(24)37)32(39)36-25-13-9-19(2)15-20(25)3/h7-17,29,34H,1-6H3,(H,35,38)(H,36,39). The number of hydrogen-bond donors (Lipinski definition) is 3. The van der Waals surface area contributed by atoms with Gasteiger partial charge in [0.2, 0.25) is 0 Å². The van der Waals surface area contributed by atoms with Crippen LogP contribution in [0.4, 0.5) is 17.2 Å². The van der Waals surface area contributed by atoms with E-state index in [0.29, 0.717) is 39.8 Å². The Morgan fingerprint density at radius 1 is 0.829 bits per heavy atom. The van der Waals surface area contributed by atoms with E-state index >= 15 is 0 Å². The summed E-state index contributed by atoms with van der Waals surface area (Å²) < 4.78 is 12.7. The SMILES string of the molecule is COc1ccc(C2C(C(=O)Nc3ccc(C)cc3C)=C(C)Nc3c(C(=O)Nc4ccc(C)cc4)cnn32)cc1OC. The molecule has 3 N–H and O–H groups in total. The molecule has 0 spiro atoms. The third-order valence-electron chi connectivity index (χ3n) is 7.18. The van der Waals surface area contributed by atoms with E-state index in [0.717, 1.165) is 27.9 Å². The highest BCUT2D eigenvalue weighted by atomic mass is 16.5. The van der Waals surface area contributed by atoms with Crippen LogP contribution in [0, 0.1) is 20.8 Å². The van der Waals surface area contributed by atoms with Crippen LogP contribution in [0.3, 0.4) is 0 Å². The molecule has 0 radical (unpaired) electrons. The minimum atomic E-state index is -0.655. The first kappa shape index (κ1) is 27.5. The van der Waals surface area contributed by atoms with Gasteiger partial charge in [-0.3, -0.25) is 9.59 Å². The maximum absolute atomic E-state index is 13.9. The fourth-order valence-corrected chi connectivity index (χ4v) is 5.03. The van der Waals surface area contributed by atoms with E-state index in [1.54, 1.807) is 25.0 Å². The van der Waals surface area contributed by atoms with Gasteiger partial charge in [0.1, 0.15) is 17.4 Å². The number of aromatic nitrogens is 2. The van der Waals surface area contributed by atoms with Crippen molar-refractivity contribution in [3.63, 3.8) is 0 Å². The molecule has 0 fully saturated rings. The Balaban J connectivity index is 1.58. The quantitative estimate of drug-likeness (QED) is 0.260. The first-order valence-electron chi connectivity index (χ1n) is 13.2. The molecule has 4 aromatic rings. The van der Waals surface area contributed by atoms with Crippen LogP contribution in [-0.4, -0.2) is 35.8 Å². The van der Waals surface area contributed by atoms with Gasteiger partial charge >= 0.3 is 0 Å². The van der Waals surface area contributed by atoms with Crippen molar-refractivity contribution in [1.29, 1.82) is 0 Å². The average molecular weight is 552 g/mol. The molecular weight excluding hydrogens is 518 g/mol. The molecule has 9 heteroatoms. The van der Waals surface area contributed by atoms with Crippen molar-refractivity contribution >= 4 is 29.0 Å². The smallest absolute Gasteiger partial charge is 0.261 e. The van der Waals surface area contributed by atoms with Gasteiger partial charge < -0.3 is 25.4 Å². The number of rotatable bonds is 7. The summed E-state index contributed by atoms with van der Waals surface area (Å²) >= 11 is 0. The highest BCUT2D eigenvalue weighted by Crippen LogP contribution is 2.40. The number of allylic oxidation sites excluding steroid dienone is 1. The van der Waals surface area contributed by atoms with Crippen LogP contribution in [0.25, 0.3) is 0 Å². The Morgan fingerprint density at radius 3 is 2.22 bits per heavy atom. The summed E-state index contributed by atoms with van der Waals surface area (Å²) in [6.45, 7) is 7.78. The highest BCUT2D eigenvalue weighted by molar-refractivity contribution is 6.09. The lowest BCUT2D eigenvalue weighted by molar-refractivity contribution is -0.113. The minimum absolute atomic E-state index is 0.284. The Labute approximate surface area is 239 Å². The first-order chi connectivity index (χ1) is 19.7. The molecule has 1 aliphatic rings. The summed E-state index contributed by atoms with van der Waals surface area (Å²) in [6.07, 6.45) is 1.51. The monoisotopic (exact) mass is 551 g/mol. The van der Waals surface area contributed by atoms with Gasteiger partial charge in [-0.1, -0.05) is 41.5 Å². The molecule has 1 aliphatic heterocycles. The number of methoxy groups -OCH3 is 2. The summed E-state index contributed by atoms with van der Waals surface area (Å²) in [5, 5.41) is 13.9. The normalized spacial score (nSPS) is 14.1.